The second-order valence-corrected chi connectivity index (χ2v) is 9.61. The molecular weight excluding hydrogens is 491 g/mol. The molecule has 180 valence electrons. The molecule has 1 heterocycles. The van der Waals surface area contributed by atoms with Crippen LogP contribution in [0.25, 0.3) is 22.4 Å². The van der Waals surface area contributed by atoms with E-state index in [2.05, 4.69) is 36.2 Å². The summed E-state index contributed by atoms with van der Waals surface area (Å²) in [5.74, 6) is 0.468. The summed E-state index contributed by atoms with van der Waals surface area (Å²) in [5, 5.41) is 12.6. The van der Waals surface area contributed by atoms with E-state index in [1.54, 1.807) is 24.3 Å². The Morgan fingerprint density at radius 2 is 1.76 bits per heavy atom. The van der Waals surface area contributed by atoms with Gasteiger partial charge in [0.05, 0.1) is 10.7 Å². The lowest BCUT2D eigenvalue weighted by Gasteiger charge is -2.20. The molecule has 5 nitrogen and oxygen atoms in total. The van der Waals surface area contributed by atoms with Gasteiger partial charge in [0.15, 0.2) is 0 Å². The van der Waals surface area contributed by atoms with E-state index >= 15 is 0 Å². The van der Waals surface area contributed by atoms with Crippen molar-refractivity contribution in [3.63, 3.8) is 0 Å². The first-order valence-electron chi connectivity index (χ1n) is 11.2. The molecule has 8 heteroatoms. The minimum absolute atomic E-state index is 0.308. The zero-order chi connectivity index (χ0) is 24.8. The lowest BCUT2D eigenvalue weighted by Crippen LogP contribution is -2.40. The fraction of sp³-hybridized carbons (Fsp3) is 0.308. The summed E-state index contributed by atoms with van der Waals surface area (Å²) in [4.78, 5) is 13.0. The van der Waals surface area contributed by atoms with Crippen molar-refractivity contribution in [1.82, 2.24) is 20.4 Å². The normalized spacial score (nSPS) is 12.9. The number of carbonyl (C=O) groups is 1. The molecule has 0 saturated heterocycles. The first-order valence-corrected chi connectivity index (χ1v) is 12.3. The highest BCUT2D eigenvalue weighted by molar-refractivity contribution is 6.36. The fourth-order valence-electron chi connectivity index (χ4n) is 3.74. The Balaban J connectivity index is 1.86. The van der Waals surface area contributed by atoms with Crippen molar-refractivity contribution >= 4 is 40.8 Å². The summed E-state index contributed by atoms with van der Waals surface area (Å²) in [6, 6.07) is 12.7. The average molecular weight is 520 g/mol. The van der Waals surface area contributed by atoms with Crippen LogP contribution in [-0.2, 0) is 0 Å². The minimum Gasteiger partial charge on any atom is -0.335 e. The van der Waals surface area contributed by atoms with E-state index in [4.69, 9.17) is 34.8 Å². The molecule has 0 fully saturated rings. The van der Waals surface area contributed by atoms with Crippen LogP contribution in [0.2, 0.25) is 15.1 Å². The number of rotatable bonds is 9. The van der Waals surface area contributed by atoms with E-state index in [1.165, 1.54) is 4.68 Å². The van der Waals surface area contributed by atoms with Gasteiger partial charge in [0.2, 0.25) is 0 Å². The van der Waals surface area contributed by atoms with Crippen LogP contribution in [0.4, 0.5) is 4.79 Å². The maximum absolute atomic E-state index is 13.0. The van der Waals surface area contributed by atoms with E-state index in [9.17, 15) is 4.79 Å². The molecule has 0 aliphatic rings. The highest BCUT2D eigenvalue weighted by Crippen LogP contribution is 2.38. The number of hydrogen-bond donors (Lipinski definition) is 2. The van der Waals surface area contributed by atoms with Gasteiger partial charge in [-0.15, -0.1) is 6.58 Å². The predicted octanol–water partition coefficient (Wildman–Crippen LogP) is 7.23. The molecule has 2 unspecified atom stereocenters. The number of halogens is 3. The molecule has 0 saturated carbocycles. The lowest BCUT2D eigenvalue weighted by atomic mass is 9.99. The van der Waals surface area contributed by atoms with Crippen LogP contribution in [0.15, 0.2) is 55.1 Å². The Hall–Kier alpha value is -2.31. The van der Waals surface area contributed by atoms with Gasteiger partial charge in [-0.3, -0.25) is 0 Å². The quantitative estimate of drug-likeness (QED) is 0.231. The maximum atomic E-state index is 13.0. The summed E-state index contributed by atoms with van der Waals surface area (Å²) in [5.41, 5.74) is 3.68. The molecule has 2 aromatic carbocycles. The van der Waals surface area contributed by atoms with Crippen LogP contribution >= 0.6 is 34.8 Å². The number of allylic oxidation sites excluding steroid dienone is 1. The Morgan fingerprint density at radius 1 is 1.09 bits per heavy atom. The number of aromatic nitrogens is 2. The zero-order valence-electron chi connectivity index (χ0n) is 19.5. The van der Waals surface area contributed by atoms with Gasteiger partial charge in [0.1, 0.15) is 5.69 Å². The molecule has 1 aromatic heterocycles. The second-order valence-electron chi connectivity index (χ2n) is 8.33. The number of nitrogens with one attached hydrogen (secondary N) is 2. The largest absolute Gasteiger partial charge is 0.342 e. The smallest absolute Gasteiger partial charge is 0.335 e. The second kappa shape index (κ2) is 11.9. The van der Waals surface area contributed by atoms with E-state index in [0.717, 1.165) is 17.5 Å². The molecule has 34 heavy (non-hydrogen) atoms. The molecule has 2 N–H and O–H groups in total. The van der Waals surface area contributed by atoms with Crippen LogP contribution in [0.3, 0.4) is 0 Å². The molecule has 0 radical (unpaired) electrons. The summed E-state index contributed by atoms with van der Waals surface area (Å²) < 4.78 is 1.38. The standard InChI is InChI=1S/C26H29Cl3N4O/c1-5-6-16(2)17(3)30-13-14-31-26(34)33-18(4)24(19-7-9-20(27)10-8-19)25(32-33)22-12-11-21(28)15-23(22)29/h5,7-12,15-17,30H,1,6,13-14H2,2-4H3,(H,31,34). The van der Waals surface area contributed by atoms with Gasteiger partial charge in [-0.2, -0.15) is 9.78 Å². The predicted molar refractivity (Wildman–Crippen MR) is 143 cm³/mol. The van der Waals surface area contributed by atoms with E-state index in [0.29, 0.717) is 57.1 Å². The molecule has 1 amide bonds. The van der Waals surface area contributed by atoms with Crippen molar-refractivity contribution in [3.8, 4) is 22.4 Å². The number of carbonyl (C=O) groups excluding carboxylic acids is 1. The van der Waals surface area contributed by atoms with Gasteiger partial charge in [0.25, 0.3) is 0 Å². The third-order valence-corrected chi connectivity index (χ3v) is 6.69. The molecule has 0 spiro atoms. The summed E-state index contributed by atoms with van der Waals surface area (Å²) in [7, 11) is 0. The monoisotopic (exact) mass is 518 g/mol. The molecule has 3 aromatic rings. The van der Waals surface area contributed by atoms with E-state index < -0.39 is 0 Å². The maximum Gasteiger partial charge on any atom is 0.342 e. The Kier molecular flexibility index (Phi) is 9.20. The van der Waals surface area contributed by atoms with Crippen molar-refractivity contribution in [2.45, 2.75) is 33.2 Å². The lowest BCUT2D eigenvalue weighted by molar-refractivity contribution is 0.239. The molecular formula is C26H29Cl3N4O. The average Bonchev–Trinajstić information content (AvgIpc) is 3.14. The zero-order valence-corrected chi connectivity index (χ0v) is 21.8. The Bertz CT molecular complexity index is 1160. The van der Waals surface area contributed by atoms with Crippen LogP contribution in [-0.4, -0.2) is 34.9 Å². The number of nitrogens with zero attached hydrogens (tertiary/aromatic N) is 2. The summed E-state index contributed by atoms with van der Waals surface area (Å²) in [6.45, 7) is 11.1. The topological polar surface area (TPSA) is 58.9 Å². The first kappa shape index (κ1) is 26.3. The minimum atomic E-state index is -0.308. The third-order valence-electron chi connectivity index (χ3n) is 5.89. The van der Waals surface area contributed by atoms with Crippen molar-refractivity contribution < 1.29 is 4.79 Å². The van der Waals surface area contributed by atoms with Gasteiger partial charge in [-0.05, 0) is 62.1 Å². The van der Waals surface area contributed by atoms with Crippen molar-refractivity contribution in [1.29, 1.82) is 0 Å². The molecule has 3 rings (SSSR count). The molecule has 0 aliphatic heterocycles. The Morgan fingerprint density at radius 3 is 2.41 bits per heavy atom. The van der Waals surface area contributed by atoms with Gasteiger partial charge < -0.3 is 10.6 Å². The van der Waals surface area contributed by atoms with Crippen LogP contribution in [0.5, 0.6) is 0 Å². The van der Waals surface area contributed by atoms with Crippen LogP contribution in [0.1, 0.15) is 26.0 Å². The highest BCUT2D eigenvalue weighted by atomic mass is 35.5. The van der Waals surface area contributed by atoms with Gasteiger partial charge in [-0.25, -0.2) is 4.79 Å². The van der Waals surface area contributed by atoms with Gasteiger partial charge in [-0.1, -0.05) is 59.9 Å². The highest BCUT2D eigenvalue weighted by Gasteiger charge is 2.23. The molecule has 0 aliphatic carbocycles. The summed E-state index contributed by atoms with van der Waals surface area (Å²) in [6.07, 6.45) is 2.87. The van der Waals surface area contributed by atoms with Crippen molar-refractivity contribution in [2.75, 3.05) is 13.1 Å². The number of hydrogen-bond acceptors (Lipinski definition) is 3. The summed E-state index contributed by atoms with van der Waals surface area (Å²) >= 11 is 18.7. The van der Waals surface area contributed by atoms with Gasteiger partial charge >= 0.3 is 6.03 Å². The fourth-order valence-corrected chi connectivity index (χ4v) is 4.37. The van der Waals surface area contributed by atoms with Crippen LogP contribution < -0.4 is 10.6 Å². The molecule has 0 bridgehead atoms. The third kappa shape index (κ3) is 6.22. The van der Waals surface area contributed by atoms with E-state index in [-0.39, 0.29) is 6.03 Å². The molecule has 2 atom stereocenters. The SMILES string of the molecule is C=CCC(C)C(C)NCCNC(=O)n1nc(-c2ccc(Cl)cc2Cl)c(-c2ccc(Cl)cc2)c1C. The number of amides is 1. The van der Waals surface area contributed by atoms with E-state index in [1.807, 2.05) is 31.2 Å². The van der Waals surface area contributed by atoms with Crippen molar-refractivity contribution in [2.24, 2.45) is 5.92 Å². The first-order chi connectivity index (χ1) is 16.2. The number of benzene rings is 2. The van der Waals surface area contributed by atoms with Crippen molar-refractivity contribution in [3.05, 3.63) is 75.9 Å². The Labute approximate surface area is 216 Å². The van der Waals surface area contributed by atoms with Gasteiger partial charge in [0, 0.05) is 40.3 Å². The van der Waals surface area contributed by atoms with Crippen LogP contribution in [0, 0.1) is 12.8 Å².